The first-order valence-electron chi connectivity index (χ1n) is 20.2. The van der Waals surface area contributed by atoms with Crippen molar-refractivity contribution in [2.75, 3.05) is 51.9 Å². The summed E-state index contributed by atoms with van der Waals surface area (Å²) in [5.74, 6) is 3.13. The van der Waals surface area contributed by atoms with Crippen LogP contribution in [0.1, 0.15) is 93.5 Å². The highest BCUT2D eigenvalue weighted by atomic mass is 35.5. The molecule has 0 radical (unpaired) electrons. The average Bonchev–Trinajstić information content (AvgIpc) is 3.74. The standard InChI is InChI=1S/C44H56ClN3O6/c1-28(24-52-38-10-16-46-37-9-4-6-29(2)41(37)38)18-32-19-31-20-39-40(54-26-30(25-53-39)23-48(3)35-11-17-51-27-35)22-36(31)43(32)12-14-44(15-13-43,42(49)50)47-34-8-5-7-33(45)21-34/h5,7-8,10,16,20-22,28-30,32,35,47H,4,6,9,11-15,17-19,23-27H2,1-3H3,(H,49,50)/t28-,29-,30?,32?,35?,43?,44?/m1/s1. The smallest absolute Gasteiger partial charge is 0.329 e. The number of likely N-dealkylation sites (N-methyl/N-ethyl adjacent to an activating group) is 1. The first kappa shape index (κ1) is 37.4. The van der Waals surface area contributed by atoms with Gasteiger partial charge >= 0.3 is 5.97 Å². The van der Waals surface area contributed by atoms with E-state index in [1.807, 2.05) is 36.5 Å². The van der Waals surface area contributed by atoms with E-state index in [-0.39, 0.29) is 11.3 Å². The summed E-state index contributed by atoms with van der Waals surface area (Å²) in [6.45, 7) is 8.94. The number of nitrogens with zero attached hydrogens (tertiary/aromatic N) is 2. The van der Waals surface area contributed by atoms with Crippen molar-refractivity contribution in [1.29, 1.82) is 0 Å². The highest BCUT2D eigenvalue weighted by Crippen LogP contribution is 2.58. The Morgan fingerprint density at radius 1 is 1.09 bits per heavy atom. The molecule has 8 rings (SSSR count). The number of pyridine rings is 1. The summed E-state index contributed by atoms with van der Waals surface area (Å²) in [5.41, 5.74) is 4.55. The highest BCUT2D eigenvalue weighted by Gasteiger charge is 2.54. The fourth-order valence-electron chi connectivity index (χ4n) is 10.3. The van der Waals surface area contributed by atoms with E-state index < -0.39 is 11.5 Å². The lowest BCUT2D eigenvalue weighted by Crippen LogP contribution is -2.53. The van der Waals surface area contributed by atoms with Gasteiger partial charge in [-0.05, 0) is 142 Å². The molecule has 5 atom stereocenters. The molecule has 2 aliphatic heterocycles. The van der Waals surface area contributed by atoms with Crippen LogP contribution in [0.3, 0.4) is 0 Å². The van der Waals surface area contributed by atoms with Crippen LogP contribution in [0, 0.1) is 17.8 Å². The van der Waals surface area contributed by atoms with E-state index in [1.165, 1.54) is 35.2 Å². The molecule has 1 saturated heterocycles. The number of halogens is 1. The Hall–Kier alpha value is -3.53. The number of carboxylic acid groups (broad SMARTS) is 1. The maximum atomic E-state index is 13.1. The lowest BCUT2D eigenvalue weighted by atomic mass is 9.59. The number of carbonyl (C=O) groups is 1. The molecule has 3 unspecified atom stereocenters. The Bertz CT molecular complexity index is 1820. The molecule has 54 heavy (non-hydrogen) atoms. The van der Waals surface area contributed by atoms with Crippen LogP contribution < -0.4 is 19.5 Å². The topological polar surface area (TPSA) is 102 Å². The third-order valence-electron chi connectivity index (χ3n) is 13.4. The number of aromatic nitrogens is 1. The van der Waals surface area contributed by atoms with Gasteiger partial charge in [0.25, 0.3) is 0 Å². The van der Waals surface area contributed by atoms with Gasteiger partial charge in [-0.25, -0.2) is 4.79 Å². The maximum Gasteiger partial charge on any atom is 0.329 e. The number of hydrogen-bond donors (Lipinski definition) is 2. The predicted octanol–water partition coefficient (Wildman–Crippen LogP) is 8.31. The number of carboxylic acids is 1. The van der Waals surface area contributed by atoms with Crippen molar-refractivity contribution in [3.05, 3.63) is 76.1 Å². The lowest BCUT2D eigenvalue weighted by molar-refractivity contribution is -0.144. The summed E-state index contributed by atoms with van der Waals surface area (Å²) in [6.07, 6.45) is 10.7. The quantitative estimate of drug-likeness (QED) is 0.200. The van der Waals surface area contributed by atoms with Crippen molar-refractivity contribution in [1.82, 2.24) is 9.88 Å². The van der Waals surface area contributed by atoms with E-state index in [4.69, 9.17) is 30.5 Å². The van der Waals surface area contributed by atoms with Crippen molar-refractivity contribution in [2.24, 2.45) is 17.8 Å². The normalized spacial score (nSPS) is 29.4. The second-order valence-corrected chi connectivity index (χ2v) is 17.5. The molecule has 290 valence electrons. The zero-order valence-corrected chi connectivity index (χ0v) is 32.8. The Kier molecular flexibility index (Phi) is 10.8. The molecule has 9 nitrogen and oxygen atoms in total. The largest absolute Gasteiger partial charge is 0.493 e. The summed E-state index contributed by atoms with van der Waals surface area (Å²) < 4.78 is 25.4. The van der Waals surface area contributed by atoms with Gasteiger partial charge in [-0.1, -0.05) is 31.5 Å². The fourth-order valence-corrected chi connectivity index (χ4v) is 10.5. The summed E-state index contributed by atoms with van der Waals surface area (Å²) in [6, 6.07) is 14.4. The Morgan fingerprint density at radius 2 is 1.89 bits per heavy atom. The molecule has 10 heteroatoms. The fraction of sp³-hybridized carbons (Fsp3) is 0.591. The molecule has 2 fully saturated rings. The van der Waals surface area contributed by atoms with E-state index in [2.05, 4.69) is 48.2 Å². The SMILES string of the molecule is C[C@@H](COc1ccnc2c1[C@H](C)CCC2)CC1Cc2cc3c(cc2C12CCC(Nc1cccc(Cl)c1)(C(=O)O)CC2)OCC(CN(C)C1CCOC1)CO3. The van der Waals surface area contributed by atoms with Gasteiger partial charge in [0.05, 0.1) is 26.4 Å². The zero-order valence-electron chi connectivity index (χ0n) is 32.1. The Morgan fingerprint density at radius 3 is 2.63 bits per heavy atom. The Balaban J connectivity index is 1.03. The number of hydrogen-bond acceptors (Lipinski definition) is 8. The van der Waals surface area contributed by atoms with E-state index in [0.717, 1.165) is 81.2 Å². The Labute approximate surface area is 325 Å². The zero-order chi connectivity index (χ0) is 37.5. The molecule has 0 amide bonds. The van der Waals surface area contributed by atoms with Crippen LogP contribution in [0.5, 0.6) is 17.2 Å². The molecule has 2 N–H and O–H groups in total. The highest BCUT2D eigenvalue weighted by molar-refractivity contribution is 6.30. The third-order valence-corrected chi connectivity index (χ3v) is 13.6. The van der Waals surface area contributed by atoms with Crippen molar-refractivity contribution in [2.45, 2.75) is 101 Å². The number of benzene rings is 2. The second-order valence-electron chi connectivity index (χ2n) is 17.1. The van der Waals surface area contributed by atoms with Crippen LogP contribution in [0.25, 0.3) is 0 Å². The van der Waals surface area contributed by atoms with Crippen molar-refractivity contribution in [3.8, 4) is 17.2 Å². The van der Waals surface area contributed by atoms with Gasteiger partial charge in [0, 0.05) is 53.3 Å². The molecule has 1 spiro atoms. The average molecular weight is 758 g/mol. The molecule has 2 aromatic carbocycles. The van der Waals surface area contributed by atoms with E-state index in [9.17, 15) is 9.90 Å². The number of ether oxygens (including phenoxy) is 4. The van der Waals surface area contributed by atoms with Crippen LogP contribution in [0.4, 0.5) is 5.69 Å². The van der Waals surface area contributed by atoms with Crippen LogP contribution in [0.15, 0.2) is 48.7 Å². The van der Waals surface area contributed by atoms with Crippen molar-refractivity contribution < 1.29 is 28.8 Å². The minimum Gasteiger partial charge on any atom is -0.493 e. The summed E-state index contributed by atoms with van der Waals surface area (Å²) in [7, 11) is 2.18. The van der Waals surface area contributed by atoms with E-state index in [1.54, 1.807) is 0 Å². The lowest BCUT2D eigenvalue weighted by Gasteiger charge is -2.47. The first-order chi connectivity index (χ1) is 26.1. The molecular weight excluding hydrogens is 702 g/mol. The summed E-state index contributed by atoms with van der Waals surface area (Å²) in [4.78, 5) is 20.2. The van der Waals surface area contributed by atoms with Gasteiger partial charge in [0.15, 0.2) is 11.5 Å². The third kappa shape index (κ3) is 7.40. The number of fused-ring (bicyclic) bond motifs is 4. The van der Waals surface area contributed by atoms with E-state index >= 15 is 0 Å². The second kappa shape index (κ2) is 15.5. The van der Waals surface area contributed by atoms with Gasteiger partial charge in [-0.3, -0.25) is 4.98 Å². The summed E-state index contributed by atoms with van der Waals surface area (Å²) in [5, 5.41) is 14.7. The molecule has 1 saturated carbocycles. The van der Waals surface area contributed by atoms with Crippen molar-refractivity contribution >= 4 is 23.3 Å². The molecule has 3 aliphatic carbocycles. The molecule has 0 bridgehead atoms. The minimum absolute atomic E-state index is 0.185. The van der Waals surface area contributed by atoms with Crippen LogP contribution in [-0.4, -0.2) is 79.2 Å². The number of aryl methyl sites for hydroxylation is 1. The van der Waals surface area contributed by atoms with Gasteiger partial charge in [-0.2, -0.15) is 0 Å². The molecular formula is C44H56ClN3O6. The summed E-state index contributed by atoms with van der Waals surface area (Å²) >= 11 is 6.32. The first-order valence-corrected chi connectivity index (χ1v) is 20.6. The van der Waals surface area contributed by atoms with Gasteiger partial charge in [0.1, 0.15) is 11.3 Å². The number of rotatable bonds is 11. The van der Waals surface area contributed by atoms with Gasteiger partial charge in [-0.15, -0.1) is 0 Å². The van der Waals surface area contributed by atoms with Crippen molar-refractivity contribution in [3.63, 3.8) is 0 Å². The number of nitrogens with one attached hydrogen (secondary N) is 1. The minimum atomic E-state index is -1.08. The van der Waals surface area contributed by atoms with E-state index in [0.29, 0.717) is 61.5 Å². The number of aliphatic carboxylic acids is 1. The predicted molar refractivity (Wildman–Crippen MR) is 210 cm³/mol. The van der Waals surface area contributed by atoms with Gasteiger partial charge in [0.2, 0.25) is 0 Å². The molecule has 5 aliphatic rings. The monoisotopic (exact) mass is 757 g/mol. The number of anilines is 1. The van der Waals surface area contributed by atoms with Gasteiger partial charge < -0.3 is 34.3 Å². The maximum absolute atomic E-state index is 13.1. The van der Waals surface area contributed by atoms with Crippen LogP contribution >= 0.6 is 11.6 Å². The molecule has 1 aromatic heterocycles. The van der Waals surface area contributed by atoms with Crippen LogP contribution in [0.2, 0.25) is 5.02 Å². The molecule has 3 aromatic rings. The van der Waals surface area contributed by atoms with Crippen LogP contribution in [-0.2, 0) is 27.8 Å². The molecule has 3 heterocycles.